The summed E-state index contributed by atoms with van der Waals surface area (Å²) in [5, 5.41) is 1.12. The van der Waals surface area contributed by atoms with Crippen LogP contribution in [0, 0.1) is 5.92 Å². The normalized spacial score (nSPS) is 20.0. The average Bonchev–Trinajstić information content (AvgIpc) is 3.16. The molecule has 0 radical (unpaired) electrons. The summed E-state index contributed by atoms with van der Waals surface area (Å²) in [6, 6.07) is 5.22. The second-order valence-corrected chi connectivity index (χ2v) is 7.65. The number of aromatic amines is 1. The molecule has 1 unspecified atom stereocenters. The zero-order chi connectivity index (χ0) is 16.7. The second-order valence-electron chi connectivity index (χ2n) is 7.65. The summed E-state index contributed by atoms with van der Waals surface area (Å²) in [7, 11) is 0. The van der Waals surface area contributed by atoms with Gasteiger partial charge in [0.1, 0.15) is 0 Å². The lowest BCUT2D eigenvalue weighted by atomic mass is 10.0. The quantitative estimate of drug-likeness (QED) is 0.769. The van der Waals surface area contributed by atoms with E-state index in [9.17, 15) is 4.79 Å². The topological polar surface area (TPSA) is 36.1 Å². The van der Waals surface area contributed by atoms with Gasteiger partial charge >= 0.3 is 0 Å². The molecule has 0 bridgehead atoms. The van der Waals surface area contributed by atoms with Crippen molar-refractivity contribution in [2.24, 2.45) is 5.92 Å². The van der Waals surface area contributed by atoms with E-state index >= 15 is 0 Å². The molecule has 3 nitrogen and oxygen atoms in total. The first-order valence-electron chi connectivity index (χ1n) is 9.59. The predicted molar refractivity (Wildman–Crippen MR) is 98.7 cm³/mol. The van der Waals surface area contributed by atoms with Gasteiger partial charge in [-0.3, -0.25) is 9.69 Å². The second kappa shape index (κ2) is 6.36. The molecular formula is C21H28N2O. The molecule has 0 aliphatic heterocycles. The molecule has 1 saturated carbocycles. The molecule has 1 heterocycles. The third-order valence-corrected chi connectivity index (χ3v) is 5.75. The van der Waals surface area contributed by atoms with Crippen LogP contribution in [0.1, 0.15) is 61.0 Å². The molecule has 24 heavy (non-hydrogen) atoms. The first-order valence-corrected chi connectivity index (χ1v) is 9.59. The molecular weight excluding hydrogens is 296 g/mol. The first kappa shape index (κ1) is 15.9. The smallest absolute Gasteiger partial charge is 0.164 e. The largest absolute Gasteiger partial charge is 0.360 e. The Bertz CT molecular complexity index is 757. The van der Waals surface area contributed by atoms with E-state index in [0.29, 0.717) is 12.5 Å². The van der Waals surface area contributed by atoms with Crippen LogP contribution in [0.2, 0.25) is 0 Å². The van der Waals surface area contributed by atoms with Crippen molar-refractivity contribution in [2.45, 2.75) is 58.4 Å². The van der Waals surface area contributed by atoms with Crippen LogP contribution in [0.15, 0.2) is 18.3 Å². The number of hydrogen-bond acceptors (Lipinski definition) is 2. The Morgan fingerprint density at radius 3 is 2.62 bits per heavy atom. The maximum atomic E-state index is 12.1. The summed E-state index contributed by atoms with van der Waals surface area (Å²) >= 11 is 0. The van der Waals surface area contributed by atoms with E-state index in [1.807, 2.05) is 13.1 Å². The lowest BCUT2D eigenvalue weighted by Gasteiger charge is -2.28. The number of carbonyl (C=O) groups is 1. The van der Waals surface area contributed by atoms with Gasteiger partial charge in [0.15, 0.2) is 5.78 Å². The molecule has 0 spiro atoms. The summed E-state index contributed by atoms with van der Waals surface area (Å²) in [6.45, 7) is 6.72. The summed E-state index contributed by atoms with van der Waals surface area (Å²) in [5.74, 6) is 1.18. The van der Waals surface area contributed by atoms with E-state index in [0.717, 1.165) is 35.2 Å². The van der Waals surface area contributed by atoms with Gasteiger partial charge in [-0.1, -0.05) is 13.8 Å². The third-order valence-electron chi connectivity index (χ3n) is 5.75. The minimum atomic E-state index is 0.233. The zero-order valence-electron chi connectivity index (χ0n) is 14.9. The van der Waals surface area contributed by atoms with Gasteiger partial charge in [-0.25, -0.2) is 0 Å². The molecule has 0 saturated heterocycles. The van der Waals surface area contributed by atoms with Crippen molar-refractivity contribution >= 4 is 16.7 Å². The molecule has 0 amide bonds. The number of Topliss-reactive ketones (excluding diaryl/α,β-unsaturated/α-hetero) is 1. The van der Waals surface area contributed by atoms with Crippen LogP contribution >= 0.6 is 0 Å². The SMILES string of the molecule is CCCN(CC1CC1)C1Cc2cc3[nH]cc(C(=O)CC)c3cc2C1. The average molecular weight is 324 g/mol. The van der Waals surface area contributed by atoms with E-state index in [2.05, 4.69) is 28.9 Å². The van der Waals surface area contributed by atoms with Gasteiger partial charge < -0.3 is 4.98 Å². The first-order chi connectivity index (χ1) is 11.7. The Kier molecular flexibility index (Phi) is 4.21. The van der Waals surface area contributed by atoms with Gasteiger partial charge in [-0.05, 0) is 67.8 Å². The van der Waals surface area contributed by atoms with Gasteiger partial charge in [-0.15, -0.1) is 0 Å². The van der Waals surface area contributed by atoms with E-state index < -0.39 is 0 Å². The van der Waals surface area contributed by atoms with Gasteiger partial charge in [0.2, 0.25) is 0 Å². The fraction of sp³-hybridized carbons (Fsp3) is 0.571. The van der Waals surface area contributed by atoms with Gasteiger partial charge in [0.25, 0.3) is 0 Å². The number of carbonyl (C=O) groups excluding carboxylic acids is 1. The fourth-order valence-corrected chi connectivity index (χ4v) is 4.24. The Hall–Kier alpha value is -1.61. The highest BCUT2D eigenvalue weighted by Crippen LogP contribution is 2.35. The van der Waals surface area contributed by atoms with Gasteiger partial charge in [-0.2, -0.15) is 0 Å². The van der Waals surface area contributed by atoms with Gasteiger partial charge in [0.05, 0.1) is 0 Å². The molecule has 4 rings (SSSR count). The highest BCUT2D eigenvalue weighted by molar-refractivity contribution is 6.08. The number of hydrogen-bond donors (Lipinski definition) is 1. The number of H-pyrrole nitrogens is 1. The molecule has 1 aromatic carbocycles. The Morgan fingerprint density at radius 1 is 1.21 bits per heavy atom. The molecule has 128 valence electrons. The summed E-state index contributed by atoms with van der Waals surface area (Å²) in [6.07, 6.45) is 8.83. The van der Waals surface area contributed by atoms with Crippen LogP contribution in [0.25, 0.3) is 10.9 Å². The van der Waals surface area contributed by atoms with Gasteiger partial charge in [0, 0.05) is 41.7 Å². The number of ketones is 1. The molecule has 2 aliphatic rings. The summed E-state index contributed by atoms with van der Waals surface area (Å²) < 4.78 is 0. The number of fused-ring (bicyclic) bond motifs is 2. The number of aromatic nitrogens is 1. The van der Waals surface area contributed by atoms with Crippen LogP contribution < -0.4 is 0 Å². The molecule has 3 heteroatoms. The van der Waals surface area contributed by atoms with Crippen LogP contribution in [0.5, 0.6) is 0 Å². The van der Waals surface area contributed by atoms with Crippen molar-refractivity contribution in [2.75, 3.05) is 13.1 Å². The molecule has 1 N–H and O–H groups in total. The van der Waals surface area contributed by atoms with Crippen LogP contribution in [0.4, 0.5) is 0 Å². The molecule has 1 atom stereocenters. The third kappa shape index (κ3) is 2.90. The molecule has 2 aromatic rings. The molecule has 2 aliphatic carbocycles. The van der Waals surface area contributed by atoms with E-state index in [1.54, 1.807) is 0 Å². The Balaban J connectivity index is 1.59. The lowest BCUT2D eigenvalue weighted by molar-refractivity contribution is 0.0990. The van der Waals surface area contributed by atoms with E-state index in [4.69, 9.17) is 0 Å². The summed E-state index contributed by atoms with van der Waals surface area (Å²) in [5.41, 5.74) is 4.91. The minimum Gasteiger partial charge on any atom is -0.360 e. The van der Waals surface area contributed by atoms with Crippen molar-refractivity contribution < 1.29 is 4.79 Å². The predicted octanol–water partition coefficient (Wildman–Crippen LogP) is 4.35. The molecule has 1 aromatic heterocycles. The lowest BCUT2D eigenvalue weighted by Crippen LogP contribution is -2.38. The number of nitrogens with one attached hydrogen (secondary N) is 1. The maximum Gasteiger partial charge on any atom is 0.164 e. The van der Waals surface area contributed by atoms with Crippen LogP contribution in [-0.2, 0) is 12.8 Å². The van der Waals surface area contributed by atoms with Crippen molar-refractivity contribution in [3.05, 3.63) is 35.0 Å². The van der Waals surface area contributed by atoms with Crippen molar-refractivity contribution in [1.29, 1.82) is 0 Å². The van der Waals surface area contributed by atoms with Crippen LogP contribution in [-0.4, -0.2) is 34.8 Å². The van der Waals surface area contributed by atoms with E-state index in [-0.39, 0.29) is 5.78 Å². The van der Waals surface area contributed by atoms with E-state index in [1.165, 1.54) is 43.5 Å². The number of benzene rings is 1. The van der Waals surface area contributed by atoms with Crippen molar-refractivity contribution in [1.82, 2.24) is 9.88 Å². The standard InChI is InChI=1S/C21H28N2O/c1-3-7-23(13-14-5-6-14)17-8-15-10-18-19(21(24)4-2)12-22-20(18)11-16(15)9-17/h10-12,14,17,22H,3-9,13H2,1-2H3. The monoisotopic (exact) mass is 324 g/mol. The number of rotatable bonds is 7. The van der Waals surface area contributed by atoms with Crippen LogP contribution in [0.3, 0.4) is 0 Å². The highest BCUT2D eigenvalue weighted by atomic mass is 16.1. The Labute approximate surface area is 144 Å². The Morgan fingerprint density at radius 2 is 1.96 bits per heavy atom. The fourth-order valence-electron chi connectivity index (χ4n) is 4.24. The molecule has 1 fully saturated rings. The highest BCUT2D eigenvalue weighted by Gasteiger charge is 2.31. The zero-order valence-corrected chi connectivity index (χ0v) is 14.9. The maximum absolute atomic E-state index is 12.1. The van der Waals surface area contributed by atoms with Crippen molar-refractivity contribution in [3.63, 3.8) is 0 Å². The minimum absolute atomic E-state index is 0.233. The van der Waals surface area contributed by atoms with Crippen molar-refractivity contribution in [3.8, 4) is 0 Å². The number of nitrogens with zero attached hydrogens (tertiary/aromatic N) is 1. The summed E-state index contributed by atoms with van der Waals surface area (Å²) in [4.78, 5) is 18.2.